The summed E-state index contributed by atoms with van der Waals surface area (Å²) in [5.41, 5.74) is 0.764. The highest BCUT2D eigenvalue weighted by Crippen LogP contribution is 2.26. The van der Waals surface area contributed by atoms with Crippen LogP contribution >= 0.6 is 0 Å². The van der Waals surface area contributed by atoms with Gasteiger partial charge in [0.1, 0.15) is 12.9 Å². The predicted octanol–water partition coefficient (Wildman–Crippen LogP) is 1.35. The fourth-order valence-corrected chi connectivity index (χ4v) is 3.15. The molecule has 0 saturated heterocycles. The van der Waals surface area contributed by atoms with E-state index >= 15 is 0 Å². The van der Waals surface area contributed by atoms with Crippen LogP contribution in [0.5, 0.6) is 0 Å². The fourth-order valence-electron chi connectivity index (χ4n) is 1.68. The summed E-state index contributed by atoms with van der Waals surface area (Å²) in [7, 11) is -1.94. The third kappa shape index (κ3) is 1.80. The van der Waals surface area contributed by atoms with Crippen LogP contribution in [0.2, 0.25) is 0 Å². The van der Waals surface area contributed by atoms with Gasteiger partial charge in [0.25, 0.3) is 0 Å². The van der Waals surface area contributed by atoms with Crippen molar-refractivity contribution >= 4 is 15.5 Å². The number of fused-ring (bicyclic) bond motifs is 1. The Morgan fingerprint density at radius 2 is 2.19 bits per heavy atom. The molecule has 1 aliphatic heterocycles. The maximum atomic E-state index is 13.1. The Hall–Kier alpha value is -1.43. The number of rotatable bonds is 1. The average Bonchev–Trinajstić information content (AvgIpc) is 2.22. The van der Waals surface area contributed by atoms with Crippen molar-refractivity contribution in [2.45, 2.75) is 11.3 Å². The van der Waals surface area contributed by atoms with Crippen LogP contribution in [-0.2, 0) is 14.7 Å². The molecule has 1 aliphatic rings. The van der Waals surface area contributed by atoms with Crippen molar-refractivity contribution in [3.8, 4) is 0 Å². The van der Waals surface area contributed by atoms with Gasteiger partial charge >= 0.3 is 0 Å². The van der Waals surface area contributed by atoms with E-state index in [1.54, 1.807) is 0 Å². The molecular formula is C10H10FNO3S. The Morgan fingerprint density at radius 3 is 2.88 bits per heavy atom. The normalized spacial score (nSPS) is 20.5. The molecule has 0 spiro atoms. The van der Waals surface area contributed by atoms with E-state index < -0.39 is 15.7 Å². The SMILES string of the molecule is CON=C1CCS(=O)(=O)c2ccc(F)cc21. The van der Waals surface area contributed by atoms with Crippen molar-refractivity contribution < 1.29 is 17.6 Å². The van der Waals surface area contributed by atoms with Crippen LogP contribution in [0.15, 0.2) is 28.3 Å². The van der Waals surface area contributed by atoms with Gasteiger partial charge in [-0.25, -0.2) is 12.8 Å². The summed E-state index contributed by atoms with van der Waals surface area (Å²) in [5.74, 6) is -0.506. The van der Waals surface area contributed by atoms with Crippen molar-refractivity contribution in [2.75, 3.05) is 12.9 Å². The lowest BCUT2D eigenvalue weighted by Crippen LogP contribution is -2.22. The monoisotopic (exact) mass is 243 g/mol. The Kier molecular flexibility index (Phi) is 2.67. The number of halogens is 1. The Bertz CT molecular complexity index is 551. The number of sulfone groups is 1. The zero-order valence-electron chi connectivity index (χ0n) is 8.60. The van der Waals surface area contributed by atoms with Gasteiger partial charge in [-0.15, -0.1) is 0 Å². The summed E-state index contributed by atoms with van der Waals surface area (Å²) in [4.78, 5) is 4.74. The van der Waals surface area contributed by atoms with E-state index in [9.17, 15) is 12.8 Å². The van der Waals surface area contributed by atoms with Gasteiger partial charge in [0.05, 0.1) is 16.4 Å². The van der Waals surface area contributed by atoms with Crippen LogP contribution in [0, 0.1) is 5.82 Å². The van der Waals surface area contributed by atoms with E-state index in [0.717, 1.165) is 6.07 Å². The third-order valence-electron chi connectivity index (χ3n) is 2.40. The van der Waals surface area contributed by atoms with Crippen LogP contribution in [0.3, 0.4) is 0 Å². The highest BCUT2D eigenvalue weighted by Gasteiger charge is 2.28. The molecule has 0 radical (unpaired) electrons. The standard InChI is InChI=1S/C10H10FNO3S/c1-15-12-9-4-5-16(13,14)10-3-2-7(11)6-8(9)10/h2-3,6H,4-5H2,1H3. The van der Waals surface area contributed by atoms with E-state index in [0.29, 0.717) is 11.3 Å². The van der Waals surface area contributed by atoms with Gasteiger partial charge in [-0.2, -0.15) is 0 Å². The molecular weight excluding hydrogens is 233 g/mol. The van der Waals surface area contributed by atoms with Crippen LogP contribution in [0.1, 0.15) is 12.0 Å². The molecule has 0 atom stereocenters. The quantitative estimate of drug-likeness (QED) is 0.552. The molecule has 0 aromatic heterocycles. The molecule has 2 rings (SSSR count). The lowest BCUT2D eigenvalue weighted by atomic mass is 10.1. The van der Waals surface area contributed by atoms with Crippen molar-refractivity contribution in [2.24, 2.45) is 5.16 Å². The maximum Gasteiger partial charge on any atom is 0.179 e. The molecule has 1 heterocycles. The maximum absolute atomic E-state index is 13.1. The average molecular weight is 243 g/mol. The molecule has 0 amide bonds. The van der Waals surface area contributed by atoms with Crippen LogP contribution in [0.25, 0.3) is 0 Å². The highest BCUT2D eigenvalue weighted by atomic mass is 32.2. The Balaban J connectivity index is 2.68. The zero-order chi connectivity index (χ0) is 11.8. The van der Waals surface area contributed by atoms with Crippen molar-refractivity contribution in [1.29, 1.82) is 0 Å². The van der Waals surface area contributed by atoms with E-state index in [1.807, 2.05) is 0 Å². The number of nitrogens with zero attached hydrogens (tertiary/aromatic N) is 1. The number of benzene rings is 1. The second kappa shape index (κ2) is 3.86. The summed E-state index contributed by atoms with van der Waals surface area (Å²) in [5, 5.41) is 3.72. The minimum Gasteiger partial charge on any atom is -0.399 e. The molecule has 0 unspecified atom stereocenters. The smallest absolute Gasteiger partial charge is 0.179 e. The first-order valence-corrected chi connectivity index (χ1v) is 6.32. The molecule has 0 fully saturated rings. The molecule has 0 N–H and O–H groups in total. The second-order valence-electron chi connectivity index (χ2n) is 3.43. The first kappa shape index (κ1) is 11.1. The van der Waals surface area contributed by atoms with E-state index in [1.165, 1.54) is 19.2 Å². The molecule has 6 heteroatoms. The highest BCUT2D eigenvalue weighted by molar-refractivity contribution is 7.91. The van der Waals surface area contributed by atoms with Gasteiger partial charge in [-0.05, 0) is 18.2 Å². The van der Waals surface area contributed by atoms with Gasteiger partial charge in [0.15, 0.2) is 9.84 Å². The number of hydrogen-bond acceptors (Lipinski definition) is 4. The predicted molar refractivity (Wildman–Crippen MR) is 56.6 cm³/mol. The summed E-state index contributed by atoms with van der Waals surface area (Å²) < 4.78 is 36.5. The summed E-state index contributed by atoms with van der Waals surface area (Å²) >= 11 is 0. The van der Waals surface area contributed by atoms with E-state index in [2.05, 4.69) is 9.99 Å². The minimum atomic E-state index is -3.31. The fraction of sp³-hybridized carbons (Fsp3) is 0.300. The first-order valence-electron chi connectivity index (χ1n) is 4.67. The molecule has 16 heavy (non-hydrogen) atoms. The number of hydrogen-bond donors (Lipinski definition) is 0. The first-order chi connectivity index (χ1) is 7.54. The van der Waals surface area contributed by atoms with Gasteiger partial charge < -0.3 is 4.84 Å². The molecule has 0 aliphatic carbocycles. The summed E-state index contributed by atoms with van der Waals surface area (Å²) in [6.45, 7) is 0. The summed E-state index contributed by atoms with van der Waals surface area (Å²) in [6.07, 6.45) is 0.243. The topological polar surface area (TPSA) is 55.7 Å². The van der Waals surface area contributed by atoms with Gasteiger partial charge in [0, 0.05) is 12.0 Å². The second-order valence-corrected chi connectivity index (χ2v) is 5.51. The van der Waals surface area contributed by atoms with Gasteiger partial charge in [-0.3, -0.25) is 0 Å². The Labute approximate surface area is 92.6 Å². The molecule has 0 saturated carbocycles. The molecule has 1 aromatic rings. The third-order valence-corrected chi connectivity index (χ3v) is 4.16. The Morgan fingerprint density at radius 1 is 1.44 bits per heavy atom. The lowest BCUT2D eigenvalue weighted by molar-refractivity contribution is 0.213. The molecule has 86 valence electrons. The van der Waals surface area contributed by atoms with Crippen LogP contribution in [0.4, 0.5) is 4.39 Å². The van der Waals surface area contributed by atoms with Crippen molar-refractivity contribution in [3.63, 3.8) is 0 Å². The zero-order valence-corrected chi connectivity index (χ0v) is 9.42. The van der Waals surface area contributed by atoms with Gasteiger partial charge in [0.2, 0.25) is 0 Å². The molecule has 0 bridgehead atoms. The lowest BCUT2D eigenvalue weighted by Gasteiger charge is -2.17. The number of oxime groups is 1. The van der Waals surface area contributed by atoms with Crippen LogP contribution in [-0.4, -0.2) is 27.0 Å². The summed E-state index contributed by atoms with van der Waals surface area (Å²) in [6, 6.07) is 3.57. The van der Waals surface area contributed by atoms with Crippen molar-refractivity contribution in [1.82, 2.24) is 0 Å². The largest absolute Gasteiger partial charge is 0.399 e. The molecule has 4 nitrogen and oxygen atoms in total. The van der Waals surface area contributed by atoms with Crippen molar-refractivity contribution in [3.05, 3.63) is 29.6 Å². The van der Waals surface area contributed by atoms with E-state index in [-0.39, 0.29) is 17.1 Å². The minimum absolute atomic E-state index is 0.0200. The van der Waals surface area contributed by atoms with Gasteiger partial charge in [-0.1, -0.05) is 5.16 Å². The molecule has 1 aromatic carbocycles. The van der Waals surface area contributed by atoms with Crippen LogP contribution < -0.4 is 0 Å². The van der Waals surface area contributed by atoms with E-state index in [4.69, 9.17) is 0 Å².